The molecule has 0 spiro atoms. The Balaban J connectivity index is 2.12. The summed E-state index contributed by atoms with van der Waals surface area (Å²) in [6.45, 7) is 0. The number of nitrogens with one attached hydrogen (secondary N) is 1. The molecule has 17 heavy (non-hydrogen) atoms. The highest BCUT2D eigenvalue weighted by Crippen LogP contribution is 2.27. The molecule has 0 bridgehead atoms. The first-order valence-electron chi connectivity index (χ1n) is 5.27. The first-order chi connectivity index (χ1) is 8.31. The third kappa shape index (κ3) is 3.11. The van der Waals surface area contributed by atoms with E-state index < -0.39 is 0 Å². The summed E-state index contributed by atoms with van der Waals surface area (Å²) in [6.07, 6.45) is 0. The molecule has 4 heteroatoms. The molecule has 0 saturated heterocycles. The van der Waals surface area contributed by atoms with Gasteiger partial charge >= 0.3 is 0 Å². The van der Waals surface area contributed by atoms with Gasteiger partial charge in [-0.05, 0) is 23.6 Å². The average Bonchev–Trinajstić information content (AvgIpc) is 2.89. The molecule has 1 heterocycles. The van der Waals surface area contributed by atoms with E-state index in [2.05, 4.69) is 16.8 Å². The minimum absolute atomic E-state index is 0.0284. The van der Waals surface area contributed by atoms with Gasteiger partial charge in [0.15, 0.2) is 0 Å². The Morgan fingerprint density at radius 3 is 2.82 bits per heavy atom. The summed E-state index contributed by atoms with van der Waals surface area (Å²) in [6, 6.07) is 11.9. The number of carbonyl (C=O) groups excluding carboxylic acids is 1. The minimum atomic E-state index is -0.0284. The maximum atomic E-state index is 11.7. The van der Waals surface area contributed by atoms with E-state index in [0.29, 0.717) is 0 Å². The predicted molar refractivity (Wildman–Crippen MR) is 73.7 cm³/mol. The molecule has 0 aliphatic heterocycles. The highest BCUT2D eigenvalue weighted by Gasteiger charge is 2.09. The van der Waals surface area contributed by atoms with Crippen LogP contribution in [0.3, 0.4) is 0 Å². The smallest absolute Gasteiger partial charge is 0.252 e. The van der Waals surface area contributed by atoms with Crippen LogP contribution in [0.15, 0.2) is 46.7 Å². The van der Waals surface area contributed by atoms with Gasteiger partial charge in [-0.15, -0.1) is 23.1 Å². The fraction of sp³-hybridized carbons (Fsp3) is 0.154. The van der Waals surface area contributed by atoms with Gasteiger partial charge in [0, 0.05) is 22.6 Å². The van der Waals surface area contributed by atoms with Gasteiger partial charge in [0.05, 0.1) is 5.56 Å². The molecule has 0 aliphatic rings. The monoisotopic (exact) mass is 263 g/mol. The van der Waals surface area contributed by atoms with Crippen molar-refractivity contribution in [3.8, 4) is 0 Å². The topological polar surface area (TPSA) is 29.1 Å². The standard InChI is InChI=1S/C13H13NOS2/c1-14-13(15)11-6-2-3-7-12(11)17-9-10-5-4-8-16-10/h2-8H,9H2,1H3,(H,14,15). The molecule has 0 unspecified atom stereocenters. The summed E-state index contributed by atoms with van der Waals surface area (Å²) in [5.74, 6) is 0.880. The second-order valence-electron chi connectivity index (χ2n) is 3.44. The lowest BCUT2D eigenvalue weighted by molar-refractivity contribution is 0.0960. The van der Waals surface area contributed by atoms with Crippen molar-refractivity contribution in [2.75, 3.05) is 7.05 Å². The van der Waals surface area contributed by atoms with Crippen LogP contribution in [0.4, 0.5) is 0 Å². The highest BCUT2D eigenvalue weighted by molar-refractivity contribution is 7.98. The predicted octanol–water partition coefficient (Wildman–Crippen LogP) is 3.40. The molecule has 88 valence electrons. The number of hydrogen-bond acceptors (Lipinski definition) is 3. The van der Waals surface area contributed by atoms with E-state index in [-0.39, 0.29) is 5.91 Å². The zero-order valence-electron chi connectivity index (χ0n) is 9.47. The van der Waals surface area contributed by atoms with Crippen LogP contribution >= 0.6 is 23.1 Å². The van der Waals surface area contributed by atoms with E-state index in [1.165, 1.54) is 4.88 Å². The molecule has 0 radical (unpaired) electrons. The minimum Gasteiger partial charge on any atom is -0.355 e. The second-order valence-corrected chi connectivity index (χ2v) is 5.49. The molecule has 2 aromatic rings. The number of rotatable bonds is 4. The first kappa shape index (κ1) is 12.2. The van der Waals surface area contributed by atoms with E-state index in [1.54, 1.807) is 30.1 Å². The Kier molecular flexibility index (Phi) is 4.23. The molecule has 1 aromatic carbocycles. The molecule has 0 aliphatic carbocycles. The summed E-state index contributed by atoms with van der Waals surface area (Å²) in [4.78, 5) is 14.0. The number of thioether (sulfide) groups is 1. The number of thiophene rings is 1. The van der Waals surface area contributed by atoms with Gasteiger partial charge in [0.1, 0.15) is 0 Å². The Morgan fingerprint density at radius 2 is 2.12 bits per heavy atom. The van der Waals surface area contributed by atoms with Crippen molar-refractivity contribution < 1.29 is 4.79 Å². The third-order valence-electron chi connectivity index (χ3n) is 2.31. The van der Waals surface area contributed by atoms with Gasteiger partial charge in [0.2, 0.25) is 0 Å². The van der Waals surface area contributed by atoms with Gasteiger partial charge in [0.25, 0.3) is 5.91 Å². The summed E-state index contributed by atoms with van der Waals surface area (Å²) >= 11 is 3.44. The summed E-state index contributed by atoms with van der Waals surface area (Å²) < 4.78 is 0. The quantitative estimate of drug-likeness (QED) is 0.857. The van der Waals surface area contributed by atoms with Crippen molar-refractivity contribution in [3.05, 3.63) is 52.2 Å². The maximum Gasteiger partial charge on any atom is 0.252 e. The fourth-order valence-electron chi connectivity index (χ4n) is 1.46. The summed E-state index contributed by atoms with van der Waals surface area (Å²) in [5.41, 5.74) is 0.747. The SMILES string of the molecule is CNC(=O)c1ccccc1SCc1cccs1. The lowest BCUT2D eigenvalue weighted by Gasteiger charge is -2.06. The third-order valence-corrected chi connectivity index (χ3v) is 4.49. The van der Waals surface area contributed by atoms with Crippen molar-refractivity contribution >= 4 is 29.0 Å². The van der Waals surface area contributed by atoms with Crippen LogP contribution in [0.25, 0.3) is 0 Å². The highest BCUT2D eigenvalue weighted by atomic mass is 32.2. The van der Waals surface area contributed by atoms with Crippen LogP contribution in [0, 0.1) is 0 Å². The van der Waals surface area contributed by atoms with Crippen LogP contribution in [0.5, 0.6) is 0 Å². The van der Waals surface area contributed by atoms with Crippen LogP contribution in [-0.2, 0) is 5.75 Å². The van der Waals surface area contributed by atoms with E-state index in [1.807, 2.05) is 30.3 Å². The molecule has 0 fully saturated rings. The van der Waals surface area contributed by atoms with Crippen molar-refractivity contribution in [1.29, 1.82) is 0 Å². The summed E-state index contributed by atoms with van der Waals surface area (Å²) in [5, 5.41) is 4.74. The van der Waals surface area contributed by atoms with Crippen LogP contribution in [0.1, 0.15) is 15.2 Å². The molecule has 0 atom stereocenters. The number of amides is 1. The van der Waals surface area contributed by atoms with Gasteiger partial charge in [-0.3, -0.25) is 4.79 Å². The Labute approximate surface area is 109 Å². The molecule has 0 saturated carbocycles. The van der Waals surface area contributed by atoms with Crippen molar-refractivity contribution in [2.45, 2.75) is 10.6 Å². The molecule has 2 nitrogen and oxygen atoms in total. The van der Waals surface area contributed by atoms with E-state index >= 15 is 0 Å². The van der Waals surface area contributed by atoms with Crippen molar-refractivity contribution in [3.63, 3.8) is 0 Å². The lowest BCUT2D eigenvalue weighted by atomic mass is 10.2. The van der Waals surface area contributed by atoms with Crippen LogP contribution in [0.2, 0.25) is 0 Å². The van der Waals surface area contributed by atoms with Crippen molar-refractivity contribution in [1.82, 2.24) is 5.32 Å². The molecule has 1 N–H and O–H groups in total. The Morgan fingerprint density at radius 1 is 1.29 bits per heavy atom. The van der Waals surface area contributed by atoms with Gasteiger partial charge < -0.3 is 5.32 Å². The molecule has 1 amide bonds. The van der Waals surface area contributed by atoms with Crippen LogP contribution < -0.4 is 5.32 Å². The molecular weight excluding hydrogens is 250 g/mol. The number of hydrogen-bond donors (Lipinski definition) is 1. The van der Waals surface area contributed by atoms with E-state index in [0.717, 1.165) is 16.2 Å². The van der Waals surface area contributed by atoms with Crippen molar-refractivity contribution in [2.24, 2.45) is 0 Å². The zero-order chi connectivity index (χ0) is 12.1. The largest absolute Gasteiger partial charge is 0.355 e. The van der Waals surface area contributed by atoms with Gasteiger partial charge in [-0.2, -0.15) is 0 Å². The Hall–Kier alpha value is -1.26. The number of benzene rings is 1. The first-order valence-corrected chi connectivity index (χ1v) is 7.14. The average molecular weight is 263 g/mol. The Bertz CT molecular complexity index is 494. The molecule has 1 aromatic heterocycles. The van der Waals surface area contributed by atoms with Gasteiger partial charge in [-0.25, -0.2) is 0 Å². The summed E-state index contributed by atoms with van der Waals surface area (Å²) in [7, 11) is 1.66. The van der Waals surface area contributed by atoms with Gasteiger partial charge in [-0.1, -0.05) is 18.2 Å². The zero-order valence-corrected chi connectivity index (χ0v) is 11.1. The molecule has 2 rings (SSSR count). The fourth-order valence-corrected chi connectivity index (χ4v) is 3.28. The maximum absolute atomic E-state index is 11.7. The van der Waals surface area contributed by atoms with E-state index in [4.69, 9.17) is 0 Å². The van der Waals surface area contributed by atoms with E-state index in [9.17, 15) is 4.79 Å². The second kappa shape index (κ2) is 5.89. The van der Waals surface area contributed by atoms with Crippen LogP contribution in [-0.4, -0.2) is 13.0 Å². The lowest BCUT2D eigenvalue weighted by Crippen LogP contribution is -2.18. The molecular formula is C13H13NOS2. The normalized spacial score (nSPS) is 10.2. The number of carbonyl (C=O) groups is 1.